The minimum absolute atomic E-state index is 0.0282. The van der Waals surface area contributed by atoms with E-state index in [9.17, 15) is 14.0 Å². The fraction of sp³-hybridized carbons (Fsp3) is 0.0870. The SMILES string of the molecule is O=C(Nc1ccc(F)cc1)[C@H]1CC(=O)N(c2ccccc2)C(=Nc2ccccc2)S1. The van der Waals surface area contributed by atoms with Crippen molar-refractivity contribution in [1.29, 1.82) is 0 Å². The molecule has 0 radical (unpaired) electrons. The van der Waals surface area contributed by atoms with Crippen LogP contribution in [0.15, 0.2) is 89.9 Å². The minimum atomic E-state index is -0.648. The maximum atomic E-state index is 13.1. The number of rotatable bonds is 4. The van der Waals surface area contributed by atoms with Gasteiger partial charge in [-0.3, -0.25) is 14.5 Å². The molecule has 5 nitrogen and oxygen atoms in total. The van der Waals surface area contributed by atoms with E-state index in [4.69, 9.17) is 0 Å². The zero-order chi connectivity index (χ0) is 20.9. The van der Waals surface area contributed by atoms with Gasteiger partial charge in [0.15, 0.2) is 5.17 Å². The molecule has 30 heavy (non-hydrogen) atoms. The van der Waals surface area contributed by atoms with Crippen LogP contribution >= 0.6 is 11.8 Å². The summed E-state index contributed by atoms with van der Waals surface area (Å²) in [4.78, 5) is 32.0. The first-order valence-electron chi connectivity index (χ1n) is 9.35. The lowest BCUT2D eigenvalue weighted by Gasteiger charge is -2.31. The molecule has 1 aliphatic rings. The molecule has 1 fully saturated rings. The first kappa shape index (κ1) is 19.8. The van der Waals surface area contributed by atoms with Crippen LogP contribution in [0.1, 0.15) is 6.42 Å². The number of benzene rings is 3. The molecule has 4 rings (SSSR count). The Morgan fingerprint density at radius 3 is 2.27 bits per heavy atom. The average Bonchev–Trinajstić information content (AvgIpc) is 2.76. The van der Waals surface area contributed by atoms with Crippen molar-refractivity contribution in [2.45, 2.75) is 11.7 Å². The van der Waals surface area contributed by atoms with Crippen LogP contribution in [0.2, 0.25) is 0 Å². The maximum absolute atomic E-state index is 13.1. The first-order valence-corrected chi connectivity index (χ1v) is 10.2. The first-order chi connectivity index (χ1) is 14.6. The fourth-order valence-corrected chi connectivity index (χ4v) is 4.12. The lowest BCUT2D eigenvalue weighted by Crippen LogP contribution is -2.45. The van der Waals surface area contributed by atoms with E-state index in [2.05, 4.69) is 10.3 Å². The number of hydrogen-bond donors (Lipinski definition) is 1. The molecule has 3 aromatic carbocycles. The number of para-hydroxylation sites is 2. The van der Waals surface area contributed by atoms with Gasteiger partial charge in [0.05, 0.1) is 11.4 Å². The Hall–Kier alpha value is -3.45. The second-order valence-electron chi connectivity index (χ2n) is 6.60. The van der Waals surface area contributed by atoms with E-state index in [1.807, 2.05) is 60.7 Å². The number of amidine groups is 1. The topological polar surface area (TPSA) is 61.8 Å². The van der Waals surface area contributed by atoms with Crippen LogP contribution in [0.25, 0.3) is 0 Å². The highest BCUT2D eigenvalue weighted by Crippen LogP contribution is 2.33. The van der Waals surface area contributed by atoms with Crippen LogP contribution in [-0.4, -0.2) is 22.2 Å². The number of amides is 2. The van der Waals surface area contributed by atoms with Crippen LogP contribution in [0, 0.1) is 5.82 Å². The summed E-state index contributed by atoms with van der Waals surface area (Å²) in [6.45, 7) is 0. The Labute approximate surface area is 177 Å². The molecule has 1 aliphatic heterocycles. The van der Waals surface area contributed by atoms with Crippen LogP contribution in [0.3, 0.4) is 0 Å². The molecule has 0 aromatic heterocycles. The normalized spacial score (nSPS) is 17.8. The van der Waals surface area contributed by atoms with Gasteiger partial charge in [-0.2, -0.15) is 0 Å². The number of halogens is 1. The van der Waals surface area contributed by atoms with Gasteiger partial charge < -0.3 is 5.32 Å². The van der Waals surface area contributed by atoms with E-state index in [1.165, 1.54) is 36.0 Å². The number of nitrogens with one attached hydrogen (secondary N) is 1. The second-order valence-corrected chi connectivity index (χ2v) is 7.77. The largest absolute Gasteiger partial charge is 0.325 e. The Balaban J connectivity index is 1.62. The van der Waals surface area contributed by atoms with Crippen molar-refractivity contribution in [2.75, 3.05) is 10.2 Å². The van der Waals surface area contributed by atoms with Crippen LogP contribution in [0.5, 0.6) is 0 Å². The van der Waals surface area contributed by atoms with Crippen molar-refractivity contribution < 1.29 is 14.0 Å². The Morgan fingerprint density at radius 1 is 0.967 bits per heavy atom. The third-order valence-corrected chi connectivity index (χ3v) is 5.60. The van der Waals surface area contributed by atoms with Crippen LogP contribution in [0.4, 0.5) is 21.5 Å². The van der Waals surface area contributed by atoms with Gasteiger partial charge in [0.2, 0.25) is 11.8 Å². The van der Waals surface area contributed by atoms with Crippen molar-refractivity contribution in [3.05, 3.63) is 90.7 Å². The summed E-state index contributed by atoms with van der Waals surface area (Å²) in [5, 5.41) is 2.53. The minimum Gasteiger partial charge on any atom is -0.325 e. The maximum Gasteiger partial charge on any atom is 0.238 e. The molecule has 7 heteroatoms. The number of aliphatic imine (C=N–C) groups is 1. The summed E-state index contributed by atoms with van der Waals surface area (Å²) in [7, 11) is 0. The monoisotopic (exact) mass is 419 g/mol. The van der Waals surface area contributed by atoms with Gasteiger partial charge in [0.1, 0.15) is 11.1 Å². The molecular weight excluding hydrogens is 401 g/mol. The summed E-state index contributed by atoms with van der Waals surface area (Å²) in [5.74, 6) is -0.923. The van der Waals surface area contributed by atoms with Crippen molar-refractivity contribution in [3.8, 4) is 0 Å². The highest BCUT2D eigenvalue weighted by atomic mass is 32.2. The zero-order valence-corrected chi connectivity index (χ0v) is 16.7. The van der Waals surface area contributed by atoms with Gasteiger partial charge in [0.25, 0.3) is 0 Å². The van der Waals surface area contributed by atoms with E-state index in [0.29, 0.717) is 22.2 Å². The molecule has 1 saturated heterocycles. The van der Waals surface area contributed by atoms with Gasteiger partial charge >= 0.3 is 0 Å². The van der Waals surface area contributed by atoms with Gasteiger partial charge in [-0.25, -0.2) is 9.38 Å². The summed E-state index contributed by atoms with van der Waals surface area (Å²) in [5.41, 5.74) is 1.86. The average molecular weight is 419 g/mol. The summed E-state index contributed by atoms with van der Waals surface area (Å²) in [6, 6.07) is 24.0. The number of nitrogens with zero attached hydrogens (tertiary/aromatic N) is 2. The van der Waals surface area contributed by atoms with Gasteiger partial charge in [-0.05, 0) is 48.5 Å². The van der Waals surface area contributed by atoms with E-state index in [-0.39, 0.29) is 24.1 Å². The molecule has 1 N–H and O–H groups in total. The number of carbonyl (C=O) groups excluding carboxylic acids is 2. The molecular formula is C23H18FN3O2S. The summed E-state index contributed by atoms with van der Waals surface area (Å²) in [6.07, 6.45) is 0.0282. The van der Waals surface area contributed by atoms with Crippen molar-refractivity contribution >= 4 is 45.8 Å². The standard InChI is InChI=1S/C23H18FN3O2S/c24-16-11-13-18(14-12-16)25-22(29)20-15-21(28)27(19-9-5-2-6-10-19)23(30-20)26-17-7-3-1-4-8-17/h1-14,20H,15H2,(H,25,29)/t20-/m1/s1. The smallest absolute Gasteiger partial charge is 0.238 e. The Kier molecular flexibility index (Phi) is 5.90. The third-order valence-electron chi connectivity index (χ3n) is 4.45. The molecule has 3 aromatic rings. The van der Waals surface area contributed by atoms with Crippen LogP contribution < -0.4 is 10.2 Å². The number of thioether (sulfide) groups is 1. The molecule has 2 amide bonds. The predicted molar refractivity (Wildman–Crippen MR) is 118 cm³/mol. The van der Waals surface area contributed by atoms with Gasteiger partial charge in [0, 0.05) is 12.1 Å². The number of hydrogen-bond acceptors (Lipinski definition) is 4. The van der Waals surface area contributed by atoms with Crippen molar-refractivity contribution in [3.63, 3.8) is 0 Å². The van der Waals surface area contributed by atoms with Crippen LogP contribution in [-0.2, 0) is 9.59 Å². The summed E-state index contributed by atoms with van der Waals surface area (Å²) < 4.78 is 13.1. The van der Waals surface area contributed by atoms with Crippen molar-refractivity contribution in [2.24, 2.45) is 4.99 Å². The number of carbonyl (C=O) groups is 2. The molecule has 1 heterocycles. The highest BCUT2D eigenvalue weighted by molar-refractivity contribution is 8.15. The third kappa shape index (κ3) is 4.58. The highest BCUT2D eigenvalue weighted by Gasteiger charge is 2.36. The zero-order valence-electron chi connectivity index (χ0n) is 15.9. The van der Waals surface area contributed by atoms with Gasteiger partial charge in [-0.1, -0.05) is 48.2 Å². The Bertz CT molecular complexity index is 1070. The van der Waals surface area contributed by atoms with Crippen molar-refractivity contribution in [1.82, 2.24) is 0 Å². The molecule has 0 aliphatic carbocycles. The predicted octanol–water partition coefficient (Wildman–Crippen LogP) is 4.99. The molecule has 0 spiro atoms. The van der Waals surface area contributed by atoms with E-state index in [0.717, 1.165) is 0 Å². The lowest BCUT2D eigenvalue weighted by molar-refractivity contribution is -0.121. The lowest BCUT2D eigenvalue weighted by atomic mass is 10.2. The molecule has 1 atom stereocenters. The summed E-state index contributed by atoms with van der Waals surface area (Å²) >= 11 is 1.23. The molecule has 0 unspecified atom stereocenters. The fourth-order valence-electron chi connectivity index (χ4n) is 3.00. The number of anilines is 2. The quantitative estimate of drug-likeness (QED) is 0.648. The Morgan fingerprint density at radius 2 is 1.60 bits per heavy atom. The van der Waals surface area contributed by atoms with E-state index in [1.54, 1.807) is 4.90 Å². The van der Waals surface area contributed by atoms with Gasteiger partial charge in [-0.15, -0.1) is 0 Å². The van der Waals surface area contributed by atoms with E-state index >= 15 is 0 Å². The molecule has 0 bridgehead atoms. The molecule has 150 valence electrons. The van der Waals surface area contributed by atoms with E-state index < -0.39 is 5.25 Å². The second kappa shape index (κ2) is 8.92. The molecule has 0 saturated carbocycles.